The molecule has 0 spiro atoms. The Kier molecular flexibility index (Phi) is 3.68. The second-order valence-corrected chi connectivity index (χ2v) is 6.09. The summed E-state index contributed by atoms with van der Waals surface area (Å²) in [5.74, 6) is -0.935. The monoisotopic (exact) mass is 283 g/mol. The summed E-state index contributed by atoms with van der Waals surface area (Å²) in [6, 6.07) is 14.7. The van der Waals surface area contributed by atoms with Crippen LogP contribution in [0.4, 0.5) is 0 Å². The topological polar surface area (TPSA) is 40.5 Å². The maximum absolute atomic E-state index is 11.7. The summed E-state index contributed by atoms with van der Waals surface area (Å²) < 4.78 is 0. The molecule has 1 unspecified atom stereocenters. The van der Waals surface area contributed by atoms with E-state index in [9.17, 15) is 9.90 Å². The van der Waals surface area contributed by atoms with Crippen LogP contribution >= 0.6 is 0 Å². The molecule has 1 fully saturated rings. The van der Waals surface area contributed by atoms with Gasteiger partial charge in [-0.2, -0.15) is 0 Å². The van der Waals surface area contributed by atoms with Gasteiger partial charge < -0.3 is 10.0 Å². The van der Waals surface area contributed by atoms with E-state index in [1.54, 1.807) is 0 Å². The largest absolute Gasteiger partial charge is 0.481 e. The molecule has 1 aliphatic rings. The molecule has 0 aliphatic carbocycles. The fraction of sp³-hybridized carbons (Fsp3) is 0.389. The second-order valence-electron chi connectivity index (χ2n) is 6.09. The Labute approximate surface area is 125 Å². The van der Waals surface area contributed by atoms with Gasteiger partial charge in [0.1, 0.15) is 0 Å². The minimum Gasteiger partial charge on any atom is -0.481 e. The minimum atomic E-state index is -0.688. The van der Waals surface area contributed by atoms with E-state index in [1.807, 2.05) is 26.1 Å². The van der Waals surface area contributed by atoms with Crippen molar-refractivity contribution in [3.05, 3.63) is 48.0 Å². The van der Waals surface area contributed by atoms with Crippen molar-refractivity contribution in [3.8, 4) is 0 Å². The quantitative estimate of drug-likeness (QED) is 0.919. The molecule has 0 saturated carbocycles. The van der Waals surface area contributed by atoms with Gasteiger partial charge in [-0.05, 0) is 49.2 Å². The van der Waals surface area contributed by atoms with Crippen molar-refractivity contribution in [3.63, 3.8) is 0 Å². The second kappa shape index (κ2) is 5.49. The molecule has 1 aliphatic heterocycles. The van der Waals surface area contributed by atoms with E-state index in [0.29, 0.717) is 0 Å². The summed E-state index contributed by atoms with van der Waals surface area (Å²) in [6.45, 7) is 2.97. The van der Waals surface area contributed by atoms with Crippen LogP contribution in [-0.4, -0.2) is 35.6 Å². The van der Waals surface area contributed by atoms with E-state index >= 15 is 0 Å². The molecule has 110 valence electrons. The molecule has 3 nitrogen and oxygen atoms in total. The maximum Gasteiger partial charge on any atom is 0.308 e. The highest BCUT2D eigenvalue weighted by atomic mass is 16.4. The predicted octanol–water partition coefficient (Wildman–Crippen LogP) is 3.35. The Morgan fingerprint density at radius 1 is 1.19 bits per heavy atom. The molecule has 21 heavy (non-hydrogen) atoms. The van der Waals surface area contributed by atoms with Crippen LogP contribution in [0.3, 0.4) is 0 Å². The van der Waals surface area contributed by atoms with E-state index in [0.717, 1.165) is 18.5 Å². The van der Waals surface area contributed by atoms with Gasteiger partial charge in [-0.3, -0.25) is 4.79 Å². The molecule has 1 N–H and O–H groups in total. The van der Waals surface area contributed by atoms with Gasteiger partial charge in [-0.15, -0.1) is 0 Å². The lowest BCUT2D eigenvalue weighted by Crippen LogP contribution is -2.47. The summed E-state index contributed by atoms with van der Waals surface area (Å²) >= 11 is 0. The van der Waals surface area contributed by atoms with Crippen LogP contribution in [0.5, 0.6) is 0 Å². The van der Waals surface area contributed by atoms with Crippen LogP contribution in [0.2, 0.25) is 0 Å². The molecule has 1 saturated heterocycles. The molecule has 2 aromatic rings. The Bertz CT molecular complexity index is 667. The fourth-order valence-corrected chi connectivity index (χ4v) is 3.53. The zero-order valence-corrected chi connectivity index (χ0v) is 12.5. The Morgan fingerprint density at radius 2 is 1.90 bits per heavy atom. The van der Waals surface area contributed by atoms with E-state index < -0.39 is 5.97 Å². The van der Waals surface area contributed by atoms with Crippen molar-refractivity contribution < 1.29 is 9.90 Å². The van der Waals surface area contributed by atoms with E-state index in [1.165, 1.54) is 10.8 Å². The number of hydrogen-bond acceptors (Lipinski definition) is 2. The standard InChI is InChI=1S/C18H21NO2/c1-12-17(18(20)21)16(9-10-19(12)2)15-8-7-13-5-3-4-6-14(13)11-15/h3-8,11-12,16-17H,9-10H2,1-2H3,(H,20,21)/t12?,16-,17-/m0/s1. The van der Waals surface area contributed by atoms with Crippen LogP contribution in [0, 0.1) is 5.92 Å². The first-order valence-electron chi connectivity index (χ1n) is 7.49. The summed E-state index contributed by atoms with van der Waals surface area (Å²) in [4.78, 5) is 13.9. The van der Waals surface area contributed by atoms with E-state index in [4.69, 9.17) is 0 Å². The zero-order chi connectivity index (χ0) is 15.0. The lowest BCUT2D eigenvalue weighted by atomic mass is 9.76. The molecule has 3 rings (SSSR count). The highest BCUT2D eigenvalue weighted by Crippen LogP contribution is 2.37. The molecule has 0 radical (unpaired) electrons. The summed E-state index contributed by atoms with van der Waals surface area (Å²) in [6.07, 6.45) is 0.899. The molecule has 1 heterocycles. The van der Waals surface area contributed by atoms with Gasteiger partial charge in [-0.25, -0.2) is 0 Å². The normalized spacial score (nSPS) is 26.9. The smallest absolute Gasteiger partial charge is 0.308 e. The number of carbonyl (C=O) groups is 1. The first-order valence-corrected chi connectivity index (χ1v) is 7.49. The van der Waals surface area contributed by atoms with Gasteiger partial charge in [0, 0.05) is 6.04 Å². The third kappa shape index (κ3) is 2.54. The zero-order valence-electron chi connectivity index (χ0n) is 12.5. The average molecular weight is 283 g/mol. The van der Waals surface area contributed by atoms with Crippen molar-refractivity contribution in [1.29, 1.82) is 0 Å². The van der Waals surface area contributed by atoms with Gasteiger partial charge in [0.25, 0.3) is 0 Å². The first-order chi connectivity index (χ1) is 10.1. The number of rotatable bonds is 2. The molecule has 0 bridgehead atoms. The maximum atomic E-state index is 11.7. The third-order valence-electron chi connectivity index (χ3n) is 4.93. The van der Waals surface area contributed by atoms with Crippen molar-refractivity contribution in [1.82, 2.24) is 4.90 Å². The summed E-state index contributed by atoms with van der Waals surface area (Å²) in [7, 11) is 2.01. The molecule has 2 aromatic carbocycles. The Balaban J connectivity index is 2.01. The average Bonchev–Trinajstić information content (AvgIpc) is 2.49. The molecular formula is C18H21NO2. The van der Waals surface area contributed by atoms with Crippen molar-refractivity contribution in [2.24, 2.45) is 5.92 Å². The SMILES string of the molecule is CC1[C@H](C(=O)O)[C@H](c2ccc3ccccc3c2)CCN1C. The molecular weight excluding hydrogens is 262 g/mol. The van der Waals surface area contributed by atoms with Crippen molar-refractivity contribution in [2.45, 2.75) is 25.3 Å². The number of aliphatic carboxylic acids is 1. The molecule has 0 amide bonds. The number of piperidine rings is 1. The number of carboxylic acid groups (broad SMARTS) is 1. The first kappa shape index (κ1) is 14.1. The van der Waals surface area contributed by atoms with Gasteiger partial charge >= 0.3 is 5.97 Å². The number of hydrogen-bond donors (Lipinski definition) is 1. The lowest BCUT2D eigenvalue weighted by molar-refractivity contribution is -0.146. The van der Waals surface area contributed by atoms with Crippen LogP contribution in [0.25, 0.3) is 10.8 Å². The molecule has 3 atom stereocenters. The number of carboxylic acids is 1. The van der Waals surface area contributed by atoms with Gasteiger partial charge in [-0.1, -0.05) is 42.5 Å². The highest BCUT2D eigenvalue weighted by molar-refractivity contribution is 5.83. The van der Waals surface area contributed by atoms with Crippen LogP contribution in [0.15, 0.2) is 42.5 Å². The fourth-order valence-electron chi connectivity index (χ4n) is 3.53. The summed E-state index contributed by atoms with van der Waals surface area (Å²) in [5.41, 5.74) is 1.15. The lowest BCUT2D eigenvalue weighted by Gasteiger charge is -2.40. The minimum absolute atomic E-state index is 0.0627. The van der Waals surface area contributed by atoms with Crippen molar-refractivity contribution >= 4 is 16.7 Å². The van der Waals surface area contributed by atoms with Crippen LogP contribution in [-0.2, 0) is 4.79 Å². The summed E-state index contributed by atoms with van der Waals surface area (Å²) in [5, 5.41) is 12.0. The van der Waals surface area contributed by atoms with Crippen LogP contribution < -0.4 is 0 Å². The molecule has 0 aromatic heterocycles. The highest BCUT2D eigenvalue weighted by Gasteiger charge is 2.39. The Morgan fingerprint density at radius 3 is 2.62 bits per heavy atom. The predicted molar refractivity (Wildman–Crippen MR) is 84.5 cm³/mol. The Hall–Kier alpha value is -1.87. The van der Waals surface area contributed by atoms with Crippen LogP contribution in [0.1, 0.15) is 24.8 Å². The molecule has 3 heteroatoms. The van der Waals surface area contributed by atoms with Gasteiger partial charge in [0.2, 0.25) is 0 Å². The van der Waals surface area contributed by atoms with Gasteiger partial charge in [0.05, 0.1) is 5.92 Å². The van der Waals surface area contributed by atoms with Crippen molar-refractivity contribution in [2.75, 3.05) is 13.6 Å². The number of fused-ring (bicyclic) bond motifs is 1. The number of benzene rings is 2. The number of nitrogens with zero attached hydrogens (tertiary/aromatic N) is 1. The number of likely N-dealkylation sites (tertiary alicyclic amines) is 1. The van der Waals surface area contributed by atoms with E-state index in [2.05, 4.69) is 35.2 Å². The van der Waals surface area contributed by atoms with Gasteiger partial charge in [0.15, 0.2) is 0 Å². The van der Waals surface area contributed by atoms with E-state index in [-0.39, 0.29) is 17.9 Å². The third-order valence-corrected chi connectivity index (χ3v) is 4.93.